The molecule has 0 radical (unpaired) electrons. The van der Waals surface area contributed by atoms with Gasteiger partial charge in [0, 0.05) is 12.6 Å². The van der Waals surface area contributed by atoms with E-state index in [2.05, 4.69) is 5.32 Å². The fraction of sp³-hybridized carbons (Fsp3) is 0.818. The molecule has 1 fully saturated rings. The number of morpholine rings is 1. The Kier molecular flexibility index (Phi) is 4.47. The summed E-state index contributed by atoms with van der Waals surface area (Å²) in [6.07, 6.45) is 0.979. The number of nitrogens with one attached hydrogen (secondary N) is 1. The van der Waals surface area contributed by atoms with Crippen LogP contribution < -0.4 is 5.32 Å². The molecule has 17 heavy (non-hydrogen) atoms. The van der Waals surface area contributed by atoms with Crippen LogP contribution in [0.2, 0.25) is 0 Å². The van der Waals surface area contributed by atoms with Gasteiger partial charge in [-0.2, -0.15) is 0 Å². The number of aliphatic carboxylic acids is 2. The van der Waals surface area contributed by atoms with E-state index in [1.807, 2.05) is 6.92 Å². The van der Waals surface area contributed by atoms with E-state index in [0.717, 1.165) is 0 Å². The van der Waals surface area contributed by atoms with Crippen molar-refractivity contribution in [2.24, 2.45) is 5.92 Å². The van der Waals surface area contributed by atoms with Crippen molar-refractivity contribution in [2.45, 2.75) is 38.3 Å². The Morgan fingerprint density at radius 1 is 1.41 bits per heavy atom. The molecule has 0 aromatic carbocycles. The first-order chi connectivity index (χ1) is 7.99. The normalized spacial score (nSPS) is 29.2. The summed E-state index contributed by atoms with van der Waals surface area (Å²) in [4.78, 5) is 22.4. The molecule has 2 atom stereocenters. The average Bonchev–Trinajstić information content (AvgIpc) is 2.28. The maximum atomic E-state index is 11.2. The summed E-state index contributed by atoms with van der Waals surface area (Å²) in [6.45, 7) is 4.60. The highest BCUT2D eigenvalue weighted by Crippen LogP contribution is 2.34. The highest BCUT2D eigenvalue weighted by atomic mass is 16.5. The zero-order chi connectivity index (χ0) is 13.1. The molecule has 1 aliphatic rings. The van der Waals surface area contributed by atoms with Crippen molar-refractivity contribution in [2.75, 3.05) is 13.2 Å². The second-order valence-electron chi connectivity index (χ2n) is 4.18. The SMILES string of the molecule is CCC1NCCOC1(CC)C(C(=O)O)C(=O)O. The highest BCUT2D eigenvalue weighted by Gasteiger charge is 2.53. The minimum atomic E-state index is -1.54. The molecule has 1 rings (SSSR count). The molecule has 0 aliphatic carbocycles. The third kappa shape index (κ3) is 2.42. The standard InChI is InChI=1S/C11H19NO5/c1-3-7-11(4-2,17-6-5-12-7)8(9(13)14)10(15)16/h7-8,12H,3-6H2,1-2H3,(H,13,14)(H,15,16). The maximum Gasteiger partial charge on any atom is 0.320 e. The molecule has 0 aromatic heterocycles. The molecule has 6 heteroatoms. The lowest BCUT2D eigenvalue weighted by atomic mass is 9.76. The van der Waals surface area contributed by atoms with Gasteiger partial charge in [-0.25, -0.2) is 0 Å². The van der Waals surface area contributed by atoms with Crippen LogP contribution in [0, 0.1) is 5.92 Å². The van der Waals surface area contributed by atoms with E-state index in [1.165, 1.54) is 0 Å². The van der Waals surface area contributed by atoms with Crippen LogP contribution in [0.1, 0.15) is 26.7 Å². The quantitative estimate of drug-likeness (QED) is 0.604. The van der Waals surface area contributed by atoms with Crippen molar-refractivity contribution in [1.29, 1.82) is 0 Å². The number of hydrogen-bond donors (Lipinski definition) is 3. The molecular weight excluding hydrogens is 226 g/mol. The van der Waals surface area contributed by atoms with Gasteiger partial charge in [0.05, 0.1) is 6.61 Å². The largest absolute Gasteiger partial charge is 0.481 e. The molecule has 1 heterocycles. The van der Waals surface area contributed by atoms with Crippen LogP contribution in [0.15, 0.2) is 0 Å². The van der Waals surface area contributed by atoms with Gasteiger partial charge in [0.15, 0.2) is 5.92 Å². The van der Waals surface area contributed by atoms with Crippen LogP contribution in [-0.4, -0.2) is 46.9 Å². The molecule has 0 aromatic rings. The Hall–Kier alpha value is -1.14. The molecule has 0 bridgehead atoms. The highest BCUT2D eigenvalue weighted by molar-refractivity contribution is 5.94. The van der Waals surface area contributed by atoms with Gasteiger partial charge in [0.2, 0.25) is 0 Å². The summed E-state index contributed by atoms with van der Waals surface area (Å²) in [5.41, 5.74) is -1.16. The van der Waals surface area contributed by atoms with Crippen LogP contribution in [0.4, 0.5) is 0 Å². The van der Waals surface area contributed by atoms with Gasteiger partial charge in [0.1, 0.15) is 5.60 Å². The molecule has 0 amide bonds. The number of rotatable bonds is 5. The minimum Gasteiger partial charge on any atom is -0.481 e. The topological polar surface area (TPSA) is 95.9 Å². The first-order valence-electron chi connectivity index (χ1n) is 5.82. The van der Waals surface area contributed by atoms with Crippen molar-refractivity contribution in [3.63, 3.8) is 0 Å². The van der Waals surface area contributed by atoms with Crippen molar-refractivity contribution >= 4 is 11.9 Å². The first-order valence-corrected chi connectivity index (χ1v) is 5.82. The van der Waals surface area contributed by atoms with Gasteiger partial charge in [-0.15, -0.1) is 0 Å². The molecule has 0 spiro atoms. The summed E-state index contributed by atoms with van der Waals surface area (Å²) in [5, 5.41) is 21.4. The minimum absolute atomic E-state index is 0.251. The summed E-state index contributed by atoms with van der Waals surface area (Å²) in [6, 6.07) is -0.251. The van der Waals surface area contributed by atoms with E-state index in [9.17, 15) is 9.59 Å². The van der Waals surface area contributed by atoms with E-state index in [-0.39, 0.29) is 6.04 Å². The Balaban J connectivity index is 3.13. The lowest BCUT2D eigenvalue weighted by Crippen LogP contribution is -2.64. The number of carbonyl (C=O) groups is 2. The fourth-order valence-electron chi connectivity index (χ4n) is 2.60. The van der Waals surface area contributed by atoms with Crippen molar-refractivity contribution in [3.05, 3.63) is 0 Å². The maximum absolute atomic E-state index is 11.2. The monoisotopic (exact) mass is 245 g/mol. The number of carboxylic acid groups (broad SMARTS) is 2. The number of ether oxygens (including phenoxy) is 1. The smallest absolute Gasteiger partial charge is 0.320 e. The third-order valence-electron chi connectivity index (χ3n) is 3.40. The predicted octanol–water partition coefficient (Wildman–Crippen LogP) is 0.319. The van der Waals surface area contributed by atoms with Crippen LogP contribution in [0.25, 0.3) is 0 Å². The van der Waals surface area contributed by atoms with Crippen LogP contribution in [0.3, 0.4) is 0 Å². The molecule has 6 nitrogen and oxygen atoms in total. The Morgan fingerprint density at radius 2 is 2.00 bits per heavy atom. The van der Waals surface area contributed by atoms with E-state index in [4.69, 9.17) is 14.9 Å². The van der Waals surface area contributed by atoms with Crippen molar-refractivity contribution in [3.8, 4) is 0 Å². The van der Waals surface area contributed by atoms with Crippen molar-refractivity contribution in [1.82, 2.24) is 5.32 Å². The fourth-order valence-corrected chi connectivity index (χ4v) is 2.60. The van der Waals surface area contributed by atoms with Gasteiger partial charge in [-0.1, -0.05) is 13.8 Å². The molecule has 0 saturated carbocycles. The van der Waals surface area contributed by atoms with Crippen LogP contribution in [0.5, 0.6) is 0 Å². The Bertz CT molecular complexity index is 292. The molecule has 2 unspecified atom stereocenters. The number of carboxylic acids is 2. The Morgan fingerprint density at radius 3 is 2.41 bits per heavy atom. The van der Waals surface area contributed by atoms with Gasteiger partial charge in [-0.05, 0) is 12.8 Å². The zero-order valence-corrected chi connectivity index (χ0v) is 10.1. The lowest BCUT2D eigenvalue weighted by Gasteiger charge is -2.45. The van der Waals surface area contributed by atoms with E-state index in [1.54, 1.807) is 6.92 Å². The second-order valence-corrected chi connectivity index (χ2v) is 4.18. The molecule has 1 aliphatic heterocycles. The van der Waals surface area contributed by atoms with E-state index < -0.39 is 23.5 Å². The molecular formula is C11H19NO5. The summed E-state index contributed by atoms with van der Waals surface area (Å²) < 4.78 is 5.58. The predicted molar refractivity (Wildman–Crippen MR) is 59.8 cm³/mol. The second kappa shape index (κ2) is 5.46. The summed E-state index contributed by atoms with van der Waals surface area (Å²) in [5.74, 6) is -4.23. The van der Waals surface area contributed by atoms with Gasteiger partial charge in [-0.3, -0.25) is 9.59 Å². The van der Waals surface area contributed by atoms with Gasteiger partial charge < -0.3 is 20.3 Å². The lowest BCUT2D eigenvalue weighted by molar-refractivity contribution is -0.185. The molecule has 98 valence electrons. The summed E-state index contributed by atoms with van der Waals surface area (Å²) in [7, 11) is 0. The summed E-state index contributed by atoms with van der Waals surface area (Å²) >= 11 is 0. The van der Waals surface area contributed by atoms with Crippen LogP contribution in [-0.2, 0) is 14.3 Å². The Labute approximate surface area is 100.0 Å². The van der Waals surface area contributed by atoms with Crippen LogP contribution >= 0.6 is 0 Å². The van der Waals surface area contributed by atoms with Gasteiger partial charge >= 0.3 is 11.9 Å². The van der Waals surface area contributed by atoms with E-state index in [0.29, 0.717) is 26.0 Å². The molecule has 1 saturated heterocycles. The third-order valence-corrected chi connectivity index (χ3v) is 3.40. The first kappa shape index (κ1) is 13.9. The molecule has 3 N–H and O–H groups in total. The van der Waals surface area contributed by atoms with Crippen molar-refractivity contribution < 1.29 is 24.5 Å². The van der Waals surface area contributed by atoms with Gasteiger partial charge in [0.25, 0.3) is 0 Å². The van der Waals surface area contributed by atoms with E-state index >= 15 is 0 Å². The zero-order valence-electron chi connectivity index (χ0n) is 10.1. The number of hydrogen-bond acceptors (Lipinski definition) is 4. The average molecular weight is 245 g/mol.